The van der Waals surface area contributed by atoms with Gasteiger partial charge in [-0.2, -0.15) is 0 Å². The van der Waals surface area contributed by atoms with Crippen LogP contribution in [0.1, 0.15) is 18.1 Å². The Morgan fingerprint density at radius 1 is 1.14 bits per heavy atom. The molecule has 1 aliphatic rings. The van der Waals surface area contributed by atoms with E-state index in [4.69, 9.17) is 4.74 Å². The molecule has 0 amide bonds. The topological polar surface area (TPSA) is 37.4 Å². The molecule has 22 heavy (non-hydrogen) atoms. The third-order valence-corrected chi connectivity index (χ3v) is 3.94. The quantitative estimate of drug-likeness (QED) is 0.920. The van der Waals surface area contributed by atoms with Crippen molar-refractivity contribution < 1.29 is 4.74 Å². The average Bonchev–Trinajstić information content (AvgIpc) is 2.55. The molecule has 0 saturated carbocycles. The lowest BCUT2D eigenvalue weighted by Gasteiger charge is -2.31. The predicted octanol–water partition coefficient (Wildman–Crippen LogP) is 2.45. The van der Waals surface area contributed by atoms with E-state index in [1.54, 1.807) is 12.4 Å². The highest BCUT2D eigenvalue weighted by Crippen LogP contribution is 2.16. The molecule has 1 atom stereocenters. The second-order valence-electron chi connectivity index (χ2n) is 5.88. The van der Waals surface area contributed by atoms with E-state index in [0.717, 1.165) is 37.5 Å². The molecule has 1 aromatic carbocycles. The molecule has 1 saturated heterocycles. The summed E-state index contributed by atoms with van der Waals surface area (Å²) in [6.07, 6.45) is 3.58. The van der Waals surface area contributed by atoms with Crippen LogP contribution in [0.25, 0.3) is 0 Å². The van der Waals surface area contributed by atoms with Gasteiger partial charge in [-0.3, -0.25) is 9.88 Å². The van der Waals surface area contributed by atoms with Crippen LogP contribution >= 0.6 is 0 Å². The summed E-state index contributed by atoms with van der Waals surface area (Å²) in [7, 11) is 0. The second kappa shape index (κ2) is 7.38. The lowest BCUT2D eigenvalue weighted by atomic mass is 10.1. The number of ether oxygens (including phenoxy) is 1. The van der Waals surface area contributed by atoms with Crippen LogP contribution in [0.3, 0.4) is 0 Å². The van der Waals surface area contributed by atoms with Gasteiger partial charge in [-0.15, -0.1) is 0 Å². The molecule has 0 radical (unpaired) electrons. The molecule has 0 bridgehead atoms. The summed E-state index contributed by atoms with van der Waals surface area (Å²) in [6, 6.07) is 13.0. The molecular formula is C18H23N3O. The first kappa shape index (κ1) is 15.0. The van der Waals surface area contributed by atoms with Crippen molar-refractivity contribution in [1.29, 1.82) is 0 Å². The molecule has 1 fully saturated rings. The first-order valence-corrected chi connectivity index (χ1v) is 7.86. The lowest BCUT2D eigenvalue weighted by Crippen LogP contribution is -2.48. The van der Waals surface area contributed by atoms with Crippen molar-refractivity contribution in [3.63, 3.8) is 0 Å². The Morgan fingerprint density at radius 2 is 1.91 bits per heavy atom. The fraction of sp³-hybridized carbons (Fsp3) is 0.389. The van der Waals surface area contributed by atoms with Gasteiger partial charge in [-0.25, -0.2) is 0 Å². The number of piperazine rings is 1. The van der Waals surface area contributed by atoms with E-state index in [-0.39, 0.29) is 0 Å². The van der Waals surface area contributed by atoms with Gasteiger partial charge in [0.05, 0.1) is 0 Å². The van der Waals surface area contributed by atoms with Crippen LogP contribution in [0.4, 0.5) is 0 Å². The van der Waals surface area contributed by atoms with E-state index in [1.165, 1.54) is 5.56 Å². The van der Waals surface area contributed by atoms with Crippen LogP contribution in [-0.2, 0) is 13.2 Å². The van der Waals surface area contributed by atoms with Gasteiger partial charge in [0.25, 0.3) is 0 Å². The van der Waals surface area contributed by atoms with Gasteiger partial charge in [0.2, 0.25) is 0 Å². The lowest BCUT2D eigenvalue weighted by molar-refractivity contribution is 0.199. The first-order valence-electron chi connectivity index (χ1n) is 7.86. The van der Waals surface area contributed by atoms with Gasteiger partial charge in [-0.1, -0.05) is 12.1 Å². The highest BCUT2D eigenvalue weighted by molar-refractivity contribution is 5.27. The summed E-state index contributed by atoms with van der Waals surface area (Å²) in [4.78, 5) is 6.50. The number of nitrogens with one attached hydrogen (secondary N) is 1. The molecule has 116 valence electrons. The summed E-state index contributed by atoms with van der Waals surface area (Å²) < 4.78 is 5.80. The highest BCUT2D eigenvalue weighted by Gasteiger charge is 2.15. The van der Waals surface area contributed by atoms with Gasteiger partial charge in [0, 0.05) is 44.6 Å². The van der Waals surface area contributed by atoms with Crippen LogP contribution in [0.5, 0.6) is 5.75 Å². The molecule has 1 aliphatic heterocycles. The maximum Gasteiger partial charge on any atom is 0.119 e. The van der Waals surface area contributed by atoms with Gasteiger partial charge in [0.15, 0.2) is 0 Å². The normalized spacial score (nSPS) is 19.0. The maximum atomic E-state index is 5.80. The minimum Gasteiger partial charge on any atom is -0.489 e. The molecule has 1 N–H and O–H groups in total. The number of hydrogen-bond acceptors (Lipinski definition) is 4. The molecule has 2 aromatic rings. The van der Waals surface area contributed by atoms with Crippen molar-refractivity contribution in [3.05, 3.63) is 59.9 Å². The maximum absolute atomic E-state index is 5.80. The summed E-state index contributed by atoms with van der Waals surface area (Å²) in [5.41, 5.74) is 2.47. The van der Waals surface area contributed by atoms with Crippen molar-refractivity contribution in [1.82, 2.24) is 15.2 Å². The van der Waals surface area contributed by atoms with Gasteiger partial charge in [0.1, 0.15) is 12.4 Å². The number of benzene rings is 1. The second-order valence-corrected chi connectivity index (χ2v) is 5.88. The van der Waals surface area contributed by atoms with Crippen molar-refractivity contribution in [2.45, 2.75) is 26.1 Å². The fourth-order valence-electron chi connectivity index (χ4n) is 2.75. The first-order chi connectivity index (χ1) is 10.8. The molecule has 4 heteroatoms. The SMILES string of the molecule is CC1CN(Cc2ccc(OCc3ccncc3)cc2)CCN1. The van der Waals surface area contributed by atoms with Crippen LogP contribution < -0.4 is 10.1 Å². The Morgan fingerprint density at radius 3 is 2.64 bits per heavy atom. The summed E-state index contributed by atoms with van der Waals surface area (Å²) in [5, 5.41) is 3.47. The Kier molecular flexibility index (Phi) is 5.03. The van der Waals surface area contributed by atoms with Crippen LogP contribution in [-0.4, -0.2) is 35.6 Å². The Balaban J connectivity index is 1.51. The van der Waals surface area contributed by atoms with E-state index in [9.17, 15) is 0 Å². The van der Waals surface area contributed by atoms with E-state index in [1.807, 2.05) is 12.1 Å². The third kappa shape index (κ3) is 4.29. The Labute approximate surface area is 132 Å². The van der Waals surface area contributed by atoms with E-state index in [0.29, 0.717) is 12.6 Å². The molecular weight excluding hydrogens is 274 g/mol. The summed E-state index contributed by atoms with van der Waals surface area (Å²) in [6.45, 7) is 7.13. The van der Waals surface area contributed by atoms with Gasteiger partial charge >= 0.3 is 0 Å². The zero-order valence-electron chi connectivity index (χ0n) is 13.0. The number of hydrogen-bond donors (Lipinski definition) is 1. The number of rotatable bonds is 5. The zero-order valence-corrected chi connectivity index (χ0v) is 13.0. The number of aromatic nitrogens is 1. The fourth-order valence-corrected chi connectivity index (χ4v) is 2.75. The smallest absolute Gasteiger partial charge is 0.119 e. The van der Waals surface area contributed by atoms with Crippen LogP contribution in [0, 0.1) is 0 Å². The van der Waals surface area contributed by atoms with E-state index < -0.39 is 0 Å². The van der Waals surface area contributed by atoms with Crippen molar-refractivity contribution in [2.24, 2.45) is 0 Å². The summed E-state index contributed by atoms with van der Waals surface area (Å²) >= 11 is 0. The zero-order chi connectivity index (χ0) is 15.2. The van der Waals surface area contributed by atoms with Crippen molar-refractivity contribution in [2.75, 3.05) is 19.6 Å². The third-order valence-electron chi connectivity index (χ3n) is 3.94. The number of pyridine rings is 1. The minimum atomic E-state index is 0.580. The van der Waals surface area contributed by atoms with Crippen molar-refractivity contribution >= 4 is 0 Å². The predicted molar refractivity (Wildman–Crippen MR) is 87.8 cm³/mol. The van der Waals surface area contributed by atoms with Crippen LogP contribution in [0.15, 0.2) is 48.8 Å². The standard InChI is InChI=1S/C18H23N3O/c1-15-12-21(11-10-20-15)13-16-2-4-18(5-3-16)22-14-17-6-8-19-9-7-17/h2-9,15,20H,10-14H2,1H3. The molecule has 0 spiro atoms. The van der Waals surface area contributed by atoms with E-state index >= 15 is 0 Å². The summed E-state index contributed by atoms with van der Waals surface area (Å²) in [5.74, 6) is 0.911. The Bertz CT molecular complexity index is 571. The van der Waals surface area contributed by atoms with Gasteiger partial charge in [-0.05, 0) is 42.3 Å². The van der Waals surface area contributed by atoms with Crippen molar-refractivity contribution in [3.8, 4) is 5.75 Å². The minimum absolute atomic E-state index is 0.580. The molecule has 4 nitrogen and oxygen atoms in total. The monoisotopic (exact) mass is 297 g/mol. The average molecular weight is 297 g/mol. The number of nitrogens with zero attached hydrogens (tertiary/aromatic N) is 2. The molecule has 1 aromatic heterocycles. The molecule has 0 aliphatic carbocycles. The molecule has 2 heterocycles. The molecule has 3 rings (SSSR count). The Hall–Kier alpha value is -1.91. The van der Waals surface area contributed by atoms with Gasteiger partial charge < -0.3 is 10.1 Å². The van der Waals surface area contributed by atoms with Crippen LogP contribution in [0.2, 0.25) is 0 Å². The molecule has 1 unspecified atom stereocenters. The largest absolute Gasteiger partial charge is 0.489 e. The van der Waals surface area contributed by atoms with E-state index in [2.05, 4.69) is 46.4 Å². The highest BCUT2D eigenvalue weighted by atomic mass is 16.5.